The zero-order valence-corrected chi connectivity index (χ0v) is 13.0. The van der Waals surface area contributed by atoms with Gasteiger partial charge >= 0.3 is 0 Å². The highest BCUT2D eigenvalue weighted by Gasteiger charge is 2.14. The minimum atomic E-state index is -3.73. The summed E-state index contributed by atoms with van der Waals surface area (Å²) in [6.45, 7) is 0. The number of aryl methyl sites for hydroxylation is 1. The first-order valence-corrected chi connectivity index (χ1v) is 7.69. The maximum absolute atomic E-state index is 11.7. The molecule has 0 aliphatic heterocycles. The number of nitrogens with two attached hydrogens (primary N) is 1. The van der Waals surface area contributed by atoms with Crippen molar-refractivity contribution in [1.29, 1.82) is 0 Å². The first-order valence-electron chi connectivity index (χ1n) is 6.14. The third kappa shape index (κ3) is 2.81. The lowest BCUT2D eigenvalue weighted by Crippen LogP contribution is -2.13. The number of hydrogen-bond donors (Lipinski definition) is 1. The van der Waals surface area contributed by atoms with Crippen LogP contribution < -0.4 is 5.14 Å². The zero-order chi connectivity index (χ0) is 14.3. The van der Waals surface area contributed by atoms with E-state index in [9.17, 15) is 8.42 Å². The summed E-state index contributed by atoms with van der Waals surface area (Å²) in [7, 11) is -1.76. The summed E-state index contributed by atoms with van der Waals surface area (Å²) in [4.78, 5) is 0.148. The van der Waals surface area contributed by atoms with Crippen molar-refractivity contribution in [3.63, 3.8) is 0 Å². The second-order valence-corrected chi connectivity index (χ2v) is 6.27. The van der Waals surface area contributed by atoms with Crippen LogP contribution in [-0.2, 0) is 17.1 Å². The molecule has 2 N–H and O–H groups in total. The van der Waals surface area contributed by atoms with Crippen LogP contribution in [0.4, 0.5) is 0 Å². The first kappa shape index (κ1) is 15.6. The van der Waals surface area contributed by atoms with E-state index in [-0.39, 0.29) is 17.3 Å². The fourth-order valence-corrected chi connectivity index (χ4v) is 3.16. The van der Waals surface area contributed by atoms with E-state index in [0.29, 0.717) is 5.56 Å². The van der Waals surface area contributed by atoms with Gasteiger partial charge in [0.25, 0.3) is 0 Å². The summed E-state index contributed by atoms with van der Waals surface area (Å²) in [6.07, 6.45) is 1.97. The first-order chi connectivity index (χ1) is 9.47. The second-order valence-electron chi connectivity index (χ2n) is 4.74. The Hall–Kier alpha value is -1.82. The Morgan fingerprint density at radius 1 is 1.05 bits per heavy atom. The fraction of sp³-hybridized carbons (Fsp3) is 0.0667. The lowest BCUT2D eigenvalue weighted by Gasteiger charge is -2.08. The van der Waals surface area contributed by atoms with Gasteiger partial charge in [0.1, 0.15) is 0 Å². The van der Waals surface area contributed by atoms with Crippen LogP contribution in [0.3, 0.4) is 0 Å². The SMILES string of the molecule is Cl.Cn1ccc2cc(-c3ccccc3S(N)(=O)=O)ccc21. The van der Waals surface area contributed by atoms with Gasteiger partial charge in [0.05, 0.1) is 4.90 Å². The van der Waals surface area contributed by atoms with Crippen molar-refractivity contribution in [3.8, 4) is 11.1 Å². The van der Waals surface area contributed by atoms with Crippen molar-refractivity contribution in [2.75, 3.05) is 0 Å². The van der Waals surface area contributed by atoms with Gasteiger partial charge in [-0.2, -0.15) is 0 Å². The number of benzene rings is 2. The molecule has 0 radical (unpaired) electrons. The van der Waals surface area contributed by atoms with Gasteiger partial charge < -0.3 is 4.57 Å². The van der Waals surface area contributed by atoms with Gasteiger partial charge in [-0.3, -0.25) is 0 Å². The molecule has 1 aromatic heterocycles. The number of rotatable bonds is 2. The molecule has 110 valence electrons. The molecule has 21 heavy (non-hydrogen) atoms. The highest BCUT2D eigenvalue weighted by molar-refractivity contribution is 7.89. The molecule has 4 nitrogen and oxygen atoms in total. The molecule has 2 aromatic carbocycles. The molecule has 0 atom stereocenters. The van der Waals surface area contributed by atoms with Gasteiger partial charge in [0.15, 0.2) is 0 Å². The lowest BCUT2D eigenvalue weighted by molar-refractivity contribution is 0.598. The molecular weight excluding hydrogens is 308 g/mol. The van der Waals surface area contributed by atoms with Crippen LogP contribution in [0.1, 0.15) is 0 Å². The van der Waals surface area contributed by atoms with Crippen LogP contribution in [-0.4, -0.2) is 13.0 Å². The molecule has 1 heterocycles. The smallest absolute Gasteiger partial charge is 0.238 e. The predicted molar refractivity (Wildman–Crippen MR) is 87.0 cm³/mol. The Morgan fingerprint density at radius 3 is 2.48 bits per heavy atom. The van der Waals surface area contributed by atoms with E-state index in [1.807, 2.05) is 42.1 Å². The normalized spacial score (nSPS) is 11.3. The molecule has 0 spiro atoms. The lowest BCUT2D eigenvalue weighted by atomic mass is 10.0. The number of sulfonamides is 1. The Balaban J connectivity index is 0.00000161. The number of nitrogens with zero attached hydrogens (tertiary/aromatic N) is 1. The Bertz CT molecular complexity index is 901. The average molecular weight is 323 g/mol. The summed E-state index contributed by atoms with van der Waals surface area (Å²) in [5, 5.41) is 6.34. The van der Waals surface area contributed by atoms with Gasteiger partial charge in [-0.05, 0) is 29.8 Å². The molecule has 6 heteroatoms. The number of aromatic nitrogens is 1. The monoisotopic (exact) mass is 322 g/mol. The van der Waals surface area contributed by atoms with Crippen molar-refractivity contribution >= 4 is 33.3 Å². The van der Waals surface area contributed by atoms with Gasteiger partial charge in [-0.25, -0.2) is 13.6 Å². The van der Waals surface area contributed by atoms with Crippen LogP contribution in [0.25, 0.3) is 22.0 Å². The standard InChI is InChI=1S/C15H14N2O2S.ClH/c1-17-9-8-12-10-11(6-7-14(12)17)13-4-2-3-5-15(13)20(16,18)19;/h2-10H,1H3,(H2,16,18,19);1H. The van der Waals surface area contributed by atoms with Crippen molar-refractivity contribution in [2.45, 2.75) is 4.90 Å². The molecule has 0 fully saturated rings. The molecule has 3 aromatic rings. The van der Waals surface area contributed by atoms with Crippen molar-refractivity contribution in [2.24, 2.45) is 12.2 Å². The minimum Gasteiger partial charge on any atom is -0.351 e. The molecular formula is C15H15ClN2O2S. The molecule has 0 saturated carbocycles. The Labute approximate surface area is 129 Å². The number of fused-ring (bicyclic) bond motifs is 1. The van der Waals surface area contributed by atoms with E-state index in [4.69, 9.17) is 5.14 Å². The van der Waals surface area contributed by atoms with Crippen LogP contribution in [0, 0.1) is 0 Å². The quantitative estimate of drug-likeness (QED) is 0.788. The van der Waals surface area contributed by atoms with Crippen molar-refractivity contribution in [1.82, 2.24) is 4.57 Å². The Morgan fingerprint density at radius 2 is 1.76 bits per heavy atom. The highest BCUT2D eigenvalue weighted by atomic mass is 35.5. The van der Waals surface area contributed by atoms with Gasteiger partial charge in [-0.1, -0.05) is 24.3 Å². The summed E-state index contributed by atoms with van der Waals surface area (Å²) in [5.74, 6) is 0. The second kappa shape index (κ2) is 5.52. The zero-order valence-electron chi connectivity index (χ0n) is 11.4. The van der Waals surface area contributed by atoms with Crippen molar-refractivity contribution < 1.29 is 8.42 Å². The van der Waals surface area contributed by atoms with Crippen molar-refractivity contribution in [3.05, 3.63) is 54.7 Å². The van der Waals surface area contributed by atoms with Crippen LogP contribution in [0.5, 0.6) is 0 Å². The number of hydrogen-bond acceptors (Lipinski definition) is 2. The topological polar surface area (TPSA) is 65.1 Å². The maximum atomic E-state index is 11.7. The number of primary sulfonamides is 1. The van der Waals surface area contributed by atoms with E-state index in [1.165, 1.54) is 6.07 Å². The van der Waals surface area contributed by atoms with Gasteiger partial charge in [0.2, 0.25) is 10.0 Å². The van der Waals surface area contributed by atoms with Gasteiger partial charge in [-0.15, -0.1) is 12.4 Å². The summed E-state index contributed by atoms with van der Waals surface area (Å²) < 4.78 is 25.4. The molecule has 0 aliphatic carbocycles. The largest absolute Gasteiger partial charge is 0.351 e. The van der Waals surface area contributed by atoms with E-state index in [1.54, 1.807) is 18.2 Å². The molecule has 0 bridgehead atoms. The van der Waals surface area contributed by atoms with Crippen LogP contribution >= 0.6 is 12.4 Å². The molecule has 3 rings (SSSR count). The molecule has 0 unspecified atom stereocenters. The summed E-state index contributed by atoms with van der Waals surface area (Å²) >= 11 is 0. The molecule has 0 saturated heterocycles. The molecule has 0 amide bonds. The predicted octanol–water partition coefficient (Wildman–Crippen LogP) is 2.91. The van der Waals surface area contributed by atoms with E-state index in [0.717, 1.165) is 16.5 Å². The van der Waals surface area contributed by atoms with Crippen LogP contribution in [0.2, 0.25) is 0 Å². The van der Waals surface area contributed by atoms with E-state index in [2.05, 4.69) is 0 Å². The average Bonchev–Trinajstić information content (AvgIpc) is 2.79. The van der Waals surface area contributed by atoms with Crippen LogP contribution in [0.15, 0.2) is 59.6 Å². The minimum absolute atomic E-state index is 0. The highest BCUT2D eigenvalue weighted by Crippen LogP contribution is 2.29. The maximum Gasteiger partial charge on any atom is 0.238 e. The fourth-order valence-electron chi connectivity index (χ4n) is 2.40. The van der Waals surface area contributed by atoms with Gasteiger partial charge in [0, 0.05) is 29.7 Å². The summed E-state index contributed by atoms with van der Waals surface area (Å²) in [6, 6.07) is 14.6. The summed E-state index contributed by atoms with van der Waals surface area (Å²) in [5.41, 5.74) is 2.57. The molecule has 0 aliphatic rings. The Kier molecular flexibility index (Phi) is 4.09. The van der Waals surface area contributed by atoms with E-state index >= 15 is 0 Å². The van der Waals surface area contributed by atoms with E-state index < -0.39 is 10.0 Å². The third-order valence-electron chi connectivity index (χ3n) is 3.39. The third-order valence-corrected chi connectivity index (χ3v) is 4.36. The number of halogens is 1.